The summed E-state index contributed by atoms with van der Waals surface area (Å²) in [6.07, 6.45) is 7.02. The predicted octanol–water partition coefficient (Wildman–Crippen LogP) is 5.40. The van der Waals surface area contributed by atoms with Gasteiger partial charge >= 0.3 is 0 Å². The van der Waals surface area contributed by atoms with Crippen LogP contribution in [0.1, 0.15) is 42.5 Å². The van der Waals surface area contributed by atoms with E-state index in [0.717, 1.165) is 42.3 Å². The number of benzene rings is 2. The van der Waals surface area contributed by atoms with Gasteiger partial charge in [-0.25, -0.2) is 9.97 Å². The van der Waals surface area contributed by atoms with Crippen LogP contribution < -0.4 is 10.6 Å². The minimum atomic E-state index is -0.152. The minimum Gasteiger partial charge on any atom is -0.337 e. The van der Waals surface area contributed by atoms with Gasteiger partial charge in [0.05, 0.1) is 17.2 Å². The van der Waals surface area contributed by atoms with E-state index in [1.54, 1.807) is 24.4 Å². The molecule has 166 valence electrons. The Hall–Kier alpha value is -4.00. The fraction of sp³-hybridized carbons (Fsp3) is 0.231. The third-order valence-electron chi connectivity index (χ3n) is 6.05. The summed E-state index contributed by atoms with van der Waals surface area (Å²) in [6, 6.07) is 18.4. The summed E-state index contributed by atoms with van der Waals surface area (Å²) in [5.74, 6) is 1.19. The van der Waals surface area contributed by atoms with Gasteiger partial charge in [-0.3, -0.25) is 9.59 Å². The summed E-state index contributed by atoms with van der Waals surface area (Å²) in [4.78, 5) is 37.2. The maximum atomic E-state index is 12.5. The Labute approximate surface area is 191 Å². The second-order valence-corrected chi connectivity index (χ2v) is 8.39. The van der Waals surface area contributed by atoms with E-state index in [0.29, 0.717) is 22.9 Å². The monoisotopic (exact) mass is 439 g/mol. The van der Waals surface area contributed by atoms with Crippen LogP contribution in [0.2, 0.25) is 0 Å². The summed E-state index contributed by atoms with van der Waals surface area (Å²) >= 11 is 0. The molecule has 0 spiro atoms. The molecule has 0 bridgehead atoms. The molecule has 7 nitrogen and oxygen atoms in total. The Morgan fingerprint density at radius 1 is 0.909 bits per heavy atom. The average Bonchev–Trinajstić information content (AvgIpc) is 3.29. The number of imidazole rings is 1. The molecule has 2 heterocycles. The molecule has 2 aromatic heterocycles. The van der Waals surface area contributed by atoms with E-state index in [4.69, 9.17) is 0 Å². The van der Waals surface area contributed by atoms with Gasteiger partial charge in [0, 0.05) is 28.8 Å². The Balaban J connectivity index is 1.28. The van der Waals surface area contributed by atoms with Crippen LogP contribution in [-0.4, -0.2) is 26.8 Å². The Bertz CT molecular complexity index is 1280. The second-order valence-electron chi connectivity index (χ2n) is 8.39. The number of carbonyl (C=O) groups is 2. The van der Waals surface area contributed by atoms with Crippen molar-refractivity contribution in [2.45, 2.75) is 32.1 Å². The zero-order chi connectivity index (χ0) is 22.6. The topological polar surface area (TPSA) is 99.8 Å². The largest absolute Gasteiger partial charge is 0.337 e. The van der Waals surface area contributed by atoms with Crippen molar-refractivity contribution in [1.82, 2.24) is 15.0 Å². The first-order chi connectivity index (χ1) is 16.2. The first kappa shape index (κ1) is 20.9. The van der Waals surface area contributed by atoms with Crippen LogP contribution in [-0.2, 0) is 4.79 Å². The second kappa shape index (κ2) is 9.24. The number of anilines is 2. The van der Waals surface area contributed by atoms with Crippen molar-refractivity contribution in [1.29, 1.82) is 0 Å². The molecule has 0 saturated heterocycles. The van der Waals surface area contributed by atoms with E-state index in [2.05, 4.69) is 25.6 Å². The fourth-order valence-corrected chi connectivity index (χ4v) is 4.21. The third kappa shape index (κ3) is 4.77. The fourth-order valence-electron chi connectivity index (χ4n) is 4.21. The van der Waals surface area contributed by atoms with Crippen molar-refractivity contribution in [2.75, 3.05) is 10.6 Å². The zero-order valence-corrected chi connectivity index (χ0v) is 18.2. The van der Waals surface area contributed by atoms with Gasteiger partial charge < -0.3 is 15.6 Å². The third-order valence-corrected chi connectivity index (χ3v) is 6.05. The summed E-state index contributed by atoms with van der Waals surface area (Å²) in [5, 5.41) is 5.84. The lowest BCUT2D eigenvalue weighted by Crippen LogP contribution is -2.25. The molecule has 1 aliphatic rings. The summed E-state index contributed by atoms with van der Waals surface area (Å²) in [5.41, 5.74) is 3.73. The molecule has 0 radical (unpaired) electrons. The summed E-state index contributed by atoms with van der Waals surface area (Å²) in [6.45, 7) is 0. The van der Waals surface area contributed by atoms with Gasteiger partial charge in [-0.15, -0.1) is 0 Å². The van der Waals surface area contributed by atoms with Crippen LogP contribution in [0.25, 0.3) is 22.4 Å². The number of carbonyl (C=O) groups excluding carboxylic acids is 2. The molecule has 7 heteroatoms. The molecule has 1 aliphatic carbocycles. The van der Waals surface area contributed by atoms with E-state index in [1.807, 2.05) is 42.5 Å². The molecule has 2 amide bonds. The molecule has 1 fully saturated rings. The lowest BCUT2D eigenvalue weighted by atomic mass is 9.89. The van der Waals surface area contributed by atoms with Gasteiger partial charge in [0.1, 0.15) is 11.6 Å². The maximum absolute atomic E-state index is 12.5. The number of H-pyrrole nitrogens is 1. The number of pyridine rings is 1. The van der Waals surface area contributed by atoms with E-state index in [1.165, 1.54) is 6.42 Å². The molecule has 3 N–H and O–H groups in total. The Morgan fingerprint density at radius 2 is 1.67 bits per heavy atom. The molecular weight excluding hydrogens is 414 g/mol. The van der Waals surface area contributed by atoms with Crippen LogP contribution >= 0.6 is 0 Å². The van der Waals surface area contributed by atoms with E-state index in [9.17, 15) is 9.59 Å². The maximum Gasteiger partial charge on any atom is 0.255 e. The normalized spacial score (nSPS) is 14.2. The summed E-state index contributed by atoms with van der Waals surface area (Å²) < 4.78 is 0. The van der Waals surface area contributed by atoms with Gasteiger partial charge in [-0.1, -0.05) is 37.5 Å². The van der Waals surface area contributed by atoms with Gasteiger partial charge in [-0.05, 0) is 49.2 Å². The van der Waals surface area contributed by atoms with Crippen molar-refractivity contribution in [2.24, 2.45) is 5.92 Å². The number of rotatable bonds is 5. The number of hydrogen-bond acceptors (Lipinski definition) is 4. The van der Waals surface area contributed by atoms with Crippen LogP contribution in [0.15, 0.2) is 66.9 Å². The highest BCUT2D eigenvalue weighted by Crippen LogP contribution is 2.26. The standard InChI is InChI=1S/C26H25N5O2/c32-25(18-7-3-1-4-8-18)28-20-13-11-17(12-14-20)24-29-21-15-23(27-16-22(21)30-24)31-26(33)19-9-5-2-6-10-19/h1,3-4,7-8,11-16,19H,2,5-6,9-10H2,(H,28,32)(H,29,30)(H,27,31,33). The molecular formula is C26H25N5O2. The quantitative estimate of drug-likeness (QED) is 0.388. The smallest absolute Gasteiger partial charge is 0.255 e. The van der Waals surface area contributed by atoms with Gasteiger partial charge in [0.25, 0.3) is 5.91 Å². The molecule has 5 rings (SSSR count). The predicted molar refractivity (Wildman–Crippen MR) is 129 cm³/mol. The molecule has 0 atom stereocenters. The van der Waals surface area contributed by atoms with Crippen LogP contribution in [0.5, 0.6) is 0 Å². The number of nitrogens with zero attached hydrogens (tertiary/aromatic N) is 2. The number of fused-ring (bicyclic) bond motifs is 1. The lowest BCUT2D eigenvalue weighted by Gasteiger charge is -2.20. The van der Waals surface area contributed by atoms with E-state index in [-0.39, 0.29) is 17.7 Å². The van der Waals surface area contributed by atoms with Crippen LogP contribution in [0.4, 0.5) is 11.5 Å². The SMILES string of the molecule is O=C(Nc1ccc(-c2nc3cc(NC(=O)C4CCCCC4)ncc3[nH]2)cc1)c1ccccc1. The first-order valence-corrected chi connectivity index (χ1v) is 11.3. The molecule has 0 unspecified atom stereocenters. The van der Waals surface area contributed by atoms with Crippen LogP contribution in [0, 0.1) is 5.92 Å². The van der Waals surface area contributed by atoms with Crippen molar-refractivity contribution >= 4 is 34.4 Å². The highest BCUT2D eigenvalue weighted by atomic mass is 16.2. The van der Waals surface area contributed by atoms with Crippen molar-refractivity contribution in [3.63, 3.8) is 0 Å². The molecule has 0 aliphatic heterocycles. The molecule has 33 heavy (non-hydrogen) atoms. The van der Waals surface area contributed by atoms with Crippen LogP contribution in [0.3, 0.4) is 0 Å². The van der Waals surface area contributed by atoms with E-state index < -0.39 is 0 Å². The number of aromatic nitrogens is 3. The highest BCUT2D eigenvalue weighted by Gasteiger charge is 2.21. The lowest BCUT2D eigenvalue weighted by molar-refractivity contribution is -0.120. The van der Waals surface area contributed by atoms with Crippen molar-refractivity contribution in [3.8, 4) is 11.4 Å². The first-order valence-electron chi connectivity index (χ1n) is 11.3. The van der Waals surface area contributed by atoms with Gasteiger partial charge in [-0.2, -0.15) is 0 Å². The highest BCUT2D eigenvalue weighted by molar-refractivity contribution is 6.04. The number of nitrogens with one attached hydrogen (secondary N) is 3. The average molecular weight is 440 g/mol. The summed E-state index contributed by atoms with van der Waals surface area (Å²) in [7, 11) is 0. The Kier molecular flexibility index (Phi) is 5.85. The minimum absolute atomic E-state index is 0.0467. The number of aromatic amines is 1. The molecule has 4 aromatic rings. The molecule has 1 saturated carbocycles. The Morgan fingerprint density at radius 3 is 2.42 bits per heavy atom. The van der Waals surface area contributed by atoms with E-state index >= 15 is 0 Å². The number of amides is 2. The van der Waals surface area contributed by atoms with Crippen molar-refractivity contribution in [3.05, 3.63) is 72.4 Å². The molecule has 2 aromatic carbocycles. The van der Waals surface area contributed by atoms with Gasteiger partial charge in [0.15, 0.2) is 0 Å². The van der Waals surface area contributed by atoms with Gasteiger partial charge in [0.2, 0.25) is 5.91 Å². The number of hydrogen-bond donors (Lipinski definition) is 3. The zero-order valence-electron chi connectivity index (χ0n) is 18.2. The van der Waals surface area contributed by atoms with Crippen molar-refractivity contribution < 1.29 is 9.59 Å².